The van der Waals surface area contributed by atoms with Crippen molar-refractivity contribution in [2.45, 2.75) is 20.3 Å². The van der Waals surface area contributed by atoms with Gasteiger partial charge in [-0.05, 0) is 31.5 Å². The highest BCUT2D eigenvalue weighted by Crippen LogP contribution is 2.26. The number of halogens is 2. The molecule has 0 spiro atoms. The fourth-order valence-corrected chi connectivity index (χ4v) is 1.20. The summed E-state index contributed by atoms with van der Waals surface area (Å²) in [6.07, 6.45) is -3.03. The maximum atomic E-state index is 12.1. The van der Waals surface area contributed by atoms with Gasteiger partial charge in [-0.2, -0.15) is 8.78 Å². The lowest BCUT2D eigenvalue weighted by Crippen LogP contribution is -2.20. The third-order valence-electron chi connectivity index (χ3n) is 1.89. The zero-order valence-electron chi connectivity index (χ0n) is 9.09. The predicted octanol–water partition coefficient (Wildman–Crippen LogP) is 2.60. The normalized spacial score (nSPS) is 10.3. The second-order valence-corrected chi connectivity index (χ2v) is 3.22. The topological polar surface area (TPSA) is 38.3 Å². The minimum Gasteiger partial charge on any atom is -0.492 e. The van der Waals surface area contributed by atoms with Gasteiger partial charge in [0.25, 0.3) is 5.91 Å². The Labute approximate surface area is 92.4 Å². The van der Waals surface area contributed by atoms with E-state index in [9.17, 15) is 13.6 Å². The van der Waals surface area contributed by atoms with Crippen molar-refractivity contribution < 1.29 is 18.3 Å². The summed E-state index contributed by atoms with van der Waals surface area (Å²) in [7, 11) is 0. The molecule has 0 aliphatic rings. The van der Waals surface area contributed by atoms with Crippen LogP contribution in [0.15, 0.2) is 18.2 Å². The van der Waals surface area contributed by atoms with Crippen molar-refractivity contribution in [2.24, 2.45) is 0 Å². The van der Waals surface area contributed by atoms with E-state index in [2.05, 4.69) is 5.32 Å². The highest BCUT2D eigenvalue weighted by atomic mass is 19.3. The SMILES string of the molecule is CCOc1cc(C)ccc1NC(=O)C(F)F. The van der Waals surface area contributed by atoms with Crippen molar-refractivity contribution in [3.05, 3.63) is 23.8 Å². The van der Waals surface area contributed by atoms with Gasteiger partial charge in [0, 0.05) is 0 Å². The number of carbonyl (C=O) groups is 1. The monoisotopic (exact) mass is 229 g/mol. The number of benzene rings is 1. The number of anilines is 1. The maximum Gasteiger partial charge on any atom is 0.315 e. The highest BCUT2D eigenvalue weighted by molar-refractivity contribution is 5.94. The quantitative estimate of drug-likeness (QED) is 0.861. The van der Waals surface area contributed by atoms with Crippen molar-refractivity contribution in [1.82, 2.24) is 0 Å². The summed E-state index contributed by atoms with van der Waals surface area (Å²) in [5.41, 5.74) is 1.19. The lowest BCUT2D eigenvalue weighted by atomic mass is 10.2. The molecule has 0 radical (unpaired) electrons. The number of ether oxygens (including phenoxy) is 1. The van der Waals surface area contributed by atoms with Crippen LogP contribution in [-0.4, -0.2) is 18.9 Å². The number of aryl methyl sites for hydroxylation is 1. The van der Waals surface area contributed by atoms with E-state index in [-0.39, 0.29) is 5.69 Å². The van der Waals surface area contributed by atoms with Crippen LogP contribution in [0.25, 0.3) is 0 Å². The van der Waals surface area contributed by atoms with E-state index < -0.39 is 12.3 Å². The number of rotatable bonds is 4. The van der Waals surface area contributed by atoms with Gasteiger partial charge in [0.15, 0.2) is 0 Å². The largest absolute Gasteiger partial charge is 0.492 e. The number of hydrogen-bond donors (Lipinski definition) is 1. The van der Waals surface area contributed by atoms with Crippen molar-refractivity contribution in [1.29, 1.82) is 0 Å². The predicted molar refractivity (Wildman–Crippen MR) is 57.0 cm³/mol. The number of carbonyl (C=O) groups excluding carboxylic acids is 1. The Morgan fingerprint density at radius 2 is 2.19 bits per heavy atom. The fraction of sp³-hybridized carbons (Fsp3) is 0.364. The van der Waals surface area contributed by atoms with Gasteiger partial charge in [0.2, 0.25) is 0 Å². The Morgan fingerprint density at radius 1 is 1.50 bits per heavy atom. The standard InChI is InChI=1S/C11H13F2NO2/c1-3-16-9-6-7(2)4-5-8(9)14-11(15)10(12)13/h4-6,10H,3H2,1-2H3,(H,14,15). The molecule has 1 aromatic carbocycles. The molecule has 88 valence electrons. The molecule has 0 aliphatic heterocycles. The minimum absolute atomic E-state index is 0.262. The third-order valence-corrected chi connectivity index (χ3v) is 1.89. The summed E-state index contributed by atoms with van der Waals surface area (Å²) >= 11 is 0. The van der Waals surface area contributed by atoms with Gasteiger partial charge in [-0.3, -0.25) is 4.79 Å². The van der Waals surface area contributed by atoms with Crippen LogP contribution in [0, 0.1) is 6.92 Å². The van der Waals surface area contributed by atoms with Gasteiger partial charge < -0.3 is 10.1 Å². The van der Waals surface area contributed by atoms with Crippen LogP contribution < -0.4 is 10.1 Å². The highest BCUT2D eigenvalue weighted by Gasteiger charge is 2.16. The minimum atomic E-state index is -3.03. The second-order valence-electron chi connectivity index (χ2n) is 3.22. The summed E-state index contributed by atoms with van der Waals surface area (Å²) in [4.78, 5) is 10.8. The van der Waals surface area contributed by atoms with Gasteiger partial charge in [0.1, 0.15) is 5.75 Å². The molecular weight excluding hydrogens is 216 g/mol. The summed E-state index contributed by atoms with van der Waals surface area (Å²) in [6, 6.07) is 4.94. The molecule has 5 heteroatoms. The Bertz CT molecular complexity index is 380. The van der Waals surface area contributed by atoms with Gasteiger partial charge in [-0.25, -0.2) is 0 Å². The average molecular weight is 229 g/mol. The average Bonchev–Trinajstić information content (AvgIpc) is 2.22. The molecule has 0 aliphatic carbocycles. The Balaban J connectivity index is 2.90. The second kappa shape index (κ2) is 5.44. The summed E-state index contributed by atoms with van der Waals surface area (Å²) in [5, 5.41) is 2.11. The lowest BCUT2D eigenvalue weighted by molar-refractivity contribution is -0.126. The van der Waals surface area contributed by atoms with Crippen LogP contribution in [0.5, 0.6) is 5.75 Å². The summed E-state index contributed by atoms with van der Waals surface area (Å²) in [5.74, 6) is -0.929. The molecule has 0 heterocycles. The number of hydrogen-bond acceptors (Lipinski definition) is 2. The summed E-state index contributed by atoms with van der Waals surface area (Å²) in [6.45, 7) is 4.03. The molecule has 0 saturated carbocycles. The molecule has 0 bridgehead atoms. The first-order valence-electron chi connectivity index (χ1n) is 4.87. The Kier molecular flexibility index (Phi) is 4.22. The summed E-state index contributed by atoms with van der Waals surface area (Å²) < 4.78 is 29.4. The van der Waals surface area contributed by atoms with Crippen molar-refractivity contribution in [3.63, 3.8) is 0 Å². The van der Waals surface area contributed by atoms with Crippen molar-refractivity contribution in [2.75, 3.05) is 11.9 Å². The van der Waals surface area contributed by atoms with E-state index in [4.69, 9.17) is 4.74 Å². The van der Waals surface area contributed by atoms with Crippen LogP contribution in [0.1, 0.15) is 12.5 Å². The van der Waals surface area contributed by atoms with E-state index in [0.29, 0.717) is 12.4 Å². The lowest BCUT2D eigenvalue weighted by Gasteiger charge is -2.11. The smallest absolute Gasteiger partial charge is 0.315 e. The first-order valence-corrected chi connectivity index (χ1v) is 4.87. The molecule has 1 aromatic rings. The molecular formula is C11H13F2NO2. The van der Waals surface area contributed by atoms with Gasteiger partial charge >= 0.3 is 6.43 Å². The van der Waals surface area contributed by atoms with E-state index in [0.717, 1.165) is 5.56 Å². The van der Waals surface area contributed by atoms with Gasteiger partial charge in [-0.15, -0.1) is 0 Å². The Hall–Kier alpha value is -1.65. The van der Waals surface area contributed by atoms with Gasteiger partial charge in [-0.1, -0.05) is 6.07 Å². The third kappa shape index (κ3) is 3.18. The first kappa shape index (κ1) is 12.4. The fourth-order valence-electron chi connectivity index (χ4n) is 1.20. The van der Waals surface area contributed by atoms with Gasteiger partial charge in [0.05, 0.1) is 12.3 Å². The zero-order valence-corrected chi connectivity index (χ0v) is 9.09. The Morgan fingerprint density at radius 3 is 2.75 bits per heavy atom. The van der Waals surface area contributed by atoms with Crippen LogP contribution in [-0.2, 0) is 4.79 Å². The zero-order chi connectivity index (χ0) is 12.1. The number of alkyl halides is 2. The van der Waals surface area contributed by atoms with Crippen molar-refractivity contribution >= 4 is 11.6 Å². The molecule has 1 amide bonds. The molecule has 0 unspecified atom stereocenters. The maximum absolute atomic E-state index is 12.1. The van der Waals surface area contributed by atoms with Crippen LogP contribution in [0.4, 0.5) is 14.5 Å². The van der Waals surface area contributed by atoms with E-state index in [1.54, 1.807) is 25.1 Å². The molecule has 0 fully saturated rings. The molecule has 0 aromatic heterocycles. The number of nitrogens with one attached hydrogen (secondary N) is 1. The molecule has 0 atom stereocenters. The number of amides is 1. The van der Waals surface area contributed by atoms with Crippen molar-refractivity contribution in [3.8, 4) is 5.75 Å². The molecule has 1 rings (SSSR count). The van der Waals surface area contributed by atoms with Crippen LogP contribution >= 0.6 is 0 Å². The van der Waals surface area contributed by atoms with E-state index in [1.165, 1.54) is 0 Å². The molecule has 16 heavy (non-hydrogen) atoms. The van der Waals surface area contributed by atoms with E-state index in [1.807, 2.05) is 6.92 Å². The van der Waals surface area contributed by atoms with E-state index >= 15 is 0 Å². The first-order chi connectivity index (χ1) is 7.54. The molecule has 0 saturated heterocycles. The molecule has 3 nitrogen and oxygen atoms in total. The molecule has 1 N–H and O–H groups in total. The van der Waals surface area contributed by atoms with Crippen LogP contribution in [0.3, 0.4) is 0 Å². The van der Waals surface area contributed by atoms with Crippen LogP contribution in [0.2, 0.25) is 0 Å².